The highest BCUT2D eigenvalue weighted by atomic mass is 16.6. The molecular weight excluding hydrogens is 284 g/mol. The zero-order valence-corrected chi connectivity index (χ0v) is 13.2. The topological polar surface area (TPSA) is 77.0 Å². The van der Waals surface area contributed by atoms with E-state index < -0.39 is 17.2 Å². The molecule has 6 nitrogen and oxygen atoms in total. The Morgan fingerprint density at radius 2 is 2.05 bits per heavy atom. The molecule has 0 aromatic heterocycles. The minimum atomic E-state index is -0.571. The number of carbonyl (C=O) groups is 1. The van der Waals surface area contributed by atoms with Gasteiger partial charge in [-0.3, -0.25) is 5.32 Å². The summed E-state index contributed by atoms with van der Waals surface area (Å²) < 4.78 is 10.5. The van der Waals surface area contributed by atoms with Gasteiger partial charge in [0.1, 0.15) is 16.9 Å². The molecule has 1 fully saturated rings. The lowest BCUT2D eigenvalue weighted by Gasteiger charge is -2.20. The van der Waals surface area contributed by atoms with Gasteiger partial charge in [0.05, 0.1) is 7.11 Å². The van der Waals surface area contributed by atoms with Crippen LogP contribution < -0.4 is 10.1 Å². The third-order valence-electron chi connectivity index (χ3n) is 3.33. The molecule has 118 valence electrons. The summed E-state index contributed by atoms with van der Waals surface area (Å²) in [6.45, 7) is 5.39. The predicted octanol–water partition coefficient (Wildman–Crippen LogP) is 3.37. The van der Waals surface area contributed by atoms with Crippen LogP contribution in [0.2, 0.25) is 0 Å². The van der Waals surface area contributed by atoms with Crippen LogP contribution in [0.4, 0.5) is 10.5 Å². The van der Waals surface area contributed by atoms with Crippen LogP contribution in [0.15, 0.2) is 23.2 Å². The van der Waals surface area contributed by atoms with E-state index >= 15 is 0 Å². The number of isocyanates is 1. The van der Waals surface area contributed by atoms with Crippen LogP contribution in [-0.2, 0) is 15.1 Å². The van der Waals surface area contributed by atoms with Crippen LogP contribution in [-0.4, -0.2) is 24.9 Å². The molecule has 1 aliphatic carbocycles. The smallest absolute Gasteiger partial charge is 0.412 e. The van der Waals surface area contributed by atoms with Crippen molar-refractivity contribution in [1.29, 1.82) is 0 Å². The summed E-state index contributed by atoms with van der Waals surface area (Å²) in [6, 6.07) is 5.21. The Morgan fingerprint density at radius 1 is 1.36 bits per heavy atom. The van der Waals surface area contributed by atoms with Crippen LogP contribution in [0.25, 0.3) is 0 Å². The van der Waals surface area contributed by atoms with Crippen molar-refractivity contribution in [3.63, 3.8) is 0 Å². The fourth-order valence-corrected chi connectivity index (χ4v) is 2.22. The maximum absolute atomic E-state index is 11.8. The first-order valence-corrected chi connectivity index (χ1v) is 7.07. The monoisotopic (exact) mass is 304 g/mol. The summed E-state index contributed by atoms with van der Waals surface area (Å²) >= 11 is 0. The van der Waals surface area contributed by atoms with Crippen molar-refractivity contribution in [2.75, 3.05) is 12.4 Å². The lowest BCUT2D eigenvalue weighted by molar-refractivity contribution is 0.0636. The number of nitrogens with zero attached hydrogens (tertiary/aromatic N) is 1. The maximum atomic E-state index is 11.8. The van der Waals surface area contributed by atoms with Gasteiger partial charge in [-0.15, -0.1) is 0 Å². The SMILES string of the molecule is COc1ccc(NC(=O)OC(C)(C)C)cc1C1(N=C=O)CC1. The highest BCUT2D eigenvalue weighted by Crippen LogP contribution is 2.52. The van der Waals surface area contributed by atoms with Crippen LogP contribution in [0.1, 0.15) is 39.2 Å². The third kappa shape index (κ3) is 3.65. The van der Waals surface area contributed by atoms with Crippen molar-refractivity contribution in [1.82, 2.24) is 0 Å². The second kappa shape index (κ2) is 5.81. The molecule has 0 unspecified atom stereocenters. The zero-order valence-electron chi connectivity index (χ0n) is 13.2. The molecule has 22 heavy (non-hydrogen) atoms. The van der Waals surface area contributed by atoms with Crippen molar-refractivity contribution in [3.05, 3.63) is 23.8 Å². The number of hydrogen-bond acceptors (Lipinski definition) is 5. The van der Waals surface area contributed by atoms with Gasteiger partial charge < -0.3 is 9.47 Å². The Bertz CT molecular complexity index is 624. The fourth-order valence-electron chi connectivity index (χ4n) is 2.22. The Kier molecular flexibility index (Phi) is 4.24. The highest BCUT2D eigenvalue weighted by molar-refractivity contribution is 5.85. The van der Waals surface area contributed by atoms with Crippen molar-refractivity contribution in [3.8, 4) is 5.75 Å². The number of anilines is 1. The zero-order chi connectivity index (χ0) is 16.4. The molecule has 1 aliphatic rings. The Labute approximate surface area is 129 Å². The second-order valence-corrected chi connectivity index (χ2v) is 6.28. The fraction of sp³-hybridized carbons (Fsp3) is 0.500. The minimum absolute atomic E-state index is 0.535. The molecule has 0 saturated heterocycles. The quantitative estimate of drug-likeness (QED) is 0.683. The van der Waals surface area contributed by atoms with E-state index in [-0.39, 0.29) is 0 Å². The van der Waals surface area contributed by atoms with Crippen LogP contribution >= 0.6 is 0 Å². The largest absolute Gasteiger partial charge is 0.496 e. The van der Waals surface area contributed by atoms with Gasteiger partial charge in [0, 0.05) is 11.3 Å². The van der Waals surface area contributed by atoms with E-state index in [0.29, 0.717) is 11.4 Å². The molecule has 0 radical (unpaired) electrons. The number of amides is 1. The average Bonchev–Trinajstić information content (AvgIpc) is 3.17. The van der Waals surface area contributed by atoms with E-state index in [2.05, 4.69) is 10.3 Å². The summed E-state index contributed by atoms with van der Waals surface area (Å²) in [5.41, 5.74) is 0.196. The molecule has 0 spiro atoms. The predicted molar refractivity (Wildman–Crippen MR) is 81.9 cm³/mol. The number of aliphatic imine (C=N–C) groups is 1. The van der Waals surface area contributed by atoms with Gasteiger partial charge in [-0.25, -0.2) is 9.59 Å². The van der Waals surface area contributed by atoms with Crippen molar-refractivity contribution >= 4 is 17.9 Å². The normalized spacial score (nSPS) is 15.5. The van der Waals surface area contributed by atoms with E-state index in [1.807, 2.05) is 0 Å². The van der Waals surface area contributed by atoms with Gasteiger partial charge in [0.2, 0.25) is 6.08 Å². The molecule has 1 aromatic carbocycles. The number of benzene rings is 1. The van der Waals surface area contributed by atoms with E-state index in [9.17, 15) is 9.59 Å². The molecule has 6 heteroatoms. The minimum Gasteiger partial charge on any atom is -0.496 e. The van der Waals surface area contributed by atoms with E-state index in [4.69, 9.17) is 9.47 Å². The van der Waals surface area contributed by atoms with Crippen molar-refractivity contribution in [2.24, 2.45) is 4.99 Å². The van der Waals surface area contributed by atoms with Gasteiger partial charge >= 0.3 is 6.09 Å². The van der Waals surface area contributed by atoms with Crippen LogP contribution in [0.3, 0.4) is 0 Å². The Hall–Kier alpha value is -2.33. The first kappa shape index (κ1) is 16.0. The number of ether oxygens (including phenoxy) is 2. The first-order chi connectivity index (χ1) is 10.3. The van der Waals surface area contributed by atoms with Gasteiger partial charge in [0.15, 0.2) is 0 Å². The lowest BCUT2D eigenvalue weighted by Crippen LogP contribution is -2.27. The molecule has 1 saturated carbocycles. The molecule has 0 atom stereocenters. The maximum Gasteiger partial charge on any atom is 0.412 e. The second-order valence-electron chi connectivity index (χ2n) is 6.28. The van der Waals surface area contributed by atoms with Crippen LogP contribution in [0.5, 0.6) is 5.75 Å². The summed E-state index contributed by atoms with van der Waals surface area (Å²) in [5.74, 6) is 0.631. The average molecular weight is 304 g/mol. The van der Waals surface area contributed by atoms with Crippen molar-refractivity contribution in [2.45, 2.75) is 44.8 Å². The summed E-state index contributed by atoms with van der Waals surface area (Å²) in [6.07, 6.45) is 2.60. The van der Waals surface area contributed by atoms with Gasteiger partial charge in [0.25, 0.3) is 0 Å². The molecular formula is C16H20N2O4. The summed E-state index contributed by atoms with van der Waals surface area (Å²) in [7, 11) is 1.56. The molecule has 0 aliphatic heterocycles. The lowest BCUT2D eigenvalue weighted by atomic mass is 10.0. The summed E-state index contributed by atoms with van der Waals surface area (Å²) in [5, 5.41) is 2.68. The van der Waals surface area contributed by atoms with E-state index in [1.54, 1.807) is 52.2 Å². The molecule has 1 amide bonds. The van der Waals surface area contributed by atoms with Gasteiger partial charge in [-0.05, 0) is 51.8 Å². The van der Waals surface area contributed by atoms with Crippen molar-refractivity contribution < 1.29 is 19.1 Å². The number of nitrogens with one attached hydrogen (secondary N) is 1. The Balaban J connectivity index is 2.25. The standard InChI is InChI=1S/C16H20N2O4/c1-15(2,3)22-14(20)18-11-5-6-13(21-4)12(9-11)16(7-8-16)17-10-19/h5-6,9H,7-8H2,1-4H3,(H,18,20). The molecule has 1 N–H and O–H groups in total. The van der Waals surface area contributed by atoms with Gasteiger partial charge in [-0.2, -0.15) is 4.99 Å². The molecule has 2 rings (SSSR count). The molecule has 1 aromatic rings. The van der Waals surface area contributed by atoms with E-state index in [1.165, 1.54) is 0 Å². The number of methoxy groups -OCH3 is 1. The number of hydrogen-bond donors (Lipinski definition) is 1. The summed E-state index contributed by atoms with van der Waals surface area (Å²) in [4.78, 5) is 26.4. The first-order valence-electron chi connectivity index (χ1n) is 7.07. The number of rotatable bonds is 4. The van der Waals surface area contributed by atoms with Crippen LogP contribution in [0, 0.1) is 0 Å². The van der Waals surface area contributed by atoms with E-state index in [0.717, 1.165) is 18.4 Å². The Morgan fingerprint density at radius 3 is 2.55 bits per heavy atom. The highest BCUT2D eigenvalue weighted by Gasteiger charge is 2.47. The van der Waals surface area contributed by atoms with Gasteiger partial charge in [-0.1, -0.05) is 0 Å². The molecule has 0 bridgehead atoms. The number of carbonyl (C=O) groups excluding carboxylic acids is 2. The molecule has 0 heterocycles. The third-order valence-corrected chi connectivity index (χ3v) is 3.33.